The maximum atomic E-state index is 12.2. The van der Waals surface area contributed by atoms with Gasteiger partial charge in [0.05, 0.1) is 12.1 Å². The van der Waals surface area contributed by atoms with Crippen LogP contribution in [0.1, 0.15) is 45.2 Å². The van der Waals surface area contributed by atoms with Gasteiger partial charge >= 0.3 is 6.18 Å². The molecule has 5 N–H and O–H groups in total. The fraction of sp³-hybridized carbons (Fsp3) is 0.464. The van der Waals surface area contributed by atoms with E-state index in [1.54, 1.807) is 24.7 Å². The van der Waals surface area contributed by atoms with E-state index in [0.717, 1.165) is 22.9 Å². The fourth-order valence-electron chi connectivity index (χ4n) is 2.97. The van der Waals surface area contributed by atoms with E-state index >= 15 is 0 Å². The number of aromatic nitrogens is 3. The van der Waals surface area contributed by atoms with Gasteiger partial charge in [0.1, 0.15) is 5.69 Å². The average molecular weight is 658 g/mol. The van der Waals surface area contributed by atoms with Crippen molar-refractivity contribution in [2.75, 3.05) is 6.61 Å². The van der Waals surface area contributed by atoms with Crippen molar-refractivity contribution >= 4 is 0 Å². The van der Waals surface area contributed by atoms with Crippen LogP contribution in [0, 0.1) is 0 Å². The van der Waals surface area contributed by atoms with E-state index in [4.69, 9.17) is 25.5 Å². The highest BCUT2D eigenvalue weighted by molar-refractivity contribution is 5.29. The number of halogens is 5. The molecule has 0 radical (unpaired) electrons. The number of aryl methyl sites for hydroxylation is 3. The van der Waals surface area contributed by atoms with Crippen molar-refractivity contribution in [1.82, 2.24) is 13.7 Å². The number of nitrogens with zero attached hydrogens (tertiary/aromatic N) is 3. The lowest BCUT2D eigenvalue weighted by Crippen LogP contribution is -2.25. The maximum absolute atomic E-state index is 12.2. The van der Waals surface area contributed by atoms with Crippen LogP contribution in [-0.4, -0.2) is 64.7 Å². The molecule has 0 bridgehead atoms. The highest BCUT2D eigenvalue weighted by atomic mass is 19.4. The predicted molar refractivity (Wildman–Crippen MR) is 155 cm³/mol. The lowest BCUT2D eigenvalue weighted by Gasteiger charge is -2.18. The molecule has 45 heavy (non-hydrogen) atoms. The van der Waals surface area contributed by atoms with E-state index in [0.29, 0.717) is 6.61 Å². The second-order valence-electron chi connectivity index (χ2n) is 8.56. The first-order valence-corrected chi connectivity index (χ1v) is 13.2. The highest BCUT2D eigenvalue weighted by Gasteiger charge is 2.42. The van der Waals surface area contributed by atoms with E-state index in [-0.39, 0.29) is 16.9 Å². The molecular formula is C28H40F5N3O9. The van der Waals surface area contributed by atoms with Crippen molar-refractivity contribution in [3.05, 3.63) is 85.0 Å². The zero-order valence-electron chi connectivity index (χ0n) is 25.8. The molecule has 0 saturated heterocycles. The van der Waals surface area contributed by atoms with Gasteiger partial charge in [0.2, 0.25) is 22.7 Å². The summed E-state index contributed by atoms with van der Waals surface area (Å²) < 4.78 is 68.8. The quantitative estimate of drug-likeness (QED) is 0.204. The van der Waals surface area contributed by atoms with Crippen LogP contribution < -0.4 is 16.3 Å². The van der Waals surface area contributed by atoms with Gasteiger partial charge in [0.25, 0.3) is 0 Å². The summed E-state index contributed by atoms with van der Waals surface area (Å²) in [6.07, 6.45) is -6.26. The minimum Gasteiger partial charge on any atom is -0.503 e. The number of hydrogen-bond donors (Lipinski definition) is 5. The van der Waals surface area contributed by atoms with Crippen LogP contribution in [-0.2, 0) is 32.3 Å². The minimum atomic E-state index is -4.93. The van der Waals surface area contributed by atoms with Crippen molar-refractivity contribution in [3.8, 4) is 17.2 Å². The van der Waals surface area contributed by atoms with Crippen LogP contribution >= 0.6 is 0 Å². The number of aliphatic hydroxyl groups excluding tert-OH is 2. The van der Waals surface area contributed by atoms with Crippen molar-refractivity contribution in [3.63, 3.8) is 0 Å². The third-order valence-corrected chi connectivity index (χ3v) is 5.05. The molecule has 2 unspecified atom stereocenters. The van der Waals surface area contributed by atoms with Gasteiger partial charge in [0, 0.05) is 70.7 Å². The zero-order chi connectivity index (χ0) is 35.7. The maximum Gasteiger partial charge on any atom is 0.420 e. The Morgan fingerprint density at radius 3 is 1.67 bits per heavy atom. The summed E-state index contributed by atoms with van der Waals surface area (Å²) in [6, 6.07) is 3.35. The summed E-state index contributed by atoms with van der Waals surface area (Å²) in [6.45, 7) is 8.01. The number of aliphatic hydroxyl groups is 2. The van der Waals surface area contributed by atoms with Crippen LogP contribution in [0.3, 0.4) is 0 Å². The first-order chi connectivity index (χ1) is 20.7. The third-order valence-electron chi connectivity index (χ3n) is 5.05. The molecule has 2 atom stereocenters. The van der Waals surface area contributed by atoms with Crippen LogP contribution in [0.15, 0.2) is 57.4 Å². The van der Waals surface area contributed by atoms with Gasteiger partial charge in [-0.2, -0.15) is 13.2 Å². The fourth-order valence-corrected chi connectivity index (χ4v) is 2.97. The standard InChI is InChI=1S/C8H8F3NO3.C8H9F2NO2.C6H7NO2.C4H10O2.C2H6/c1-12-3-2-4(13)6(14)5(12)7(15)8(9,10)11;1-11-3-2-6(12)8(13)5(11)4-7(9)10;1-7-3-2-5(8)6(9)4-7;1-3-6-4(2)5;1-2/h2-3,7,14-15H,1H3;2-3,7,13H,4H2,1H3;2-4,9H,1H3;4-5H,3H2,1-2H3;1-2H3. The zero-order valence-corrected chi connectivity index (χ0v) is 25.8. The molecule has 3 aromatic heterocycles. The van der Waals surface area contributed by atoms with Crippen molar-refractivity contribution in [2.24, 2.45) is 21.1 Å². The Kier molecular flexibility index (Phi) is 19.7. The lowest BCUT2D eigenvalue weighted by molar-refractivity contribution is -0.209. The summed E-state index contributed by atoms with van der Waals surface area (Å²) in [5.41, 5.74) is -2.84. The molecule has 0 amide bonds. The average Bonchev–Trinajstić information content (AvgIpc) is 2.95. The Hall–Kier alpha value is -4.22. The van der Waals surface area contributed by atoms with Crippen molar-refractivity contribution in [2.45, 2.75) is 59.1 Å². The number of aromatic hydroxyl groups is 3. The number of ether oxygens (including phenoxy) is 1. The summed E-state index contributed by atoms with van der Waals surface area (Å²) >= 11 is 0. The Balaban J connectivity index is 0. The SMILES string of the molecule is CC.CCOC(C)O.Cn1ccc(=O)c(O)c1.Cn1ccc(=O)c(O)c1C(O)C(F)(F)F.Cn1ccc(=O)c(O)c1CC(F)F. The Morgan fingerprint density at radius 2 is 1.29 bits per heavy atom. The van der Waals surface area contributed by atoms with Gasteiger partial charge in [-0.3, -0.25) is 14.4 Å². The molecule has 3 aromatic rings. The Bertz CT molecular complexity index is 1470. The van der Waals surface area contributed by atoms with Gasteiger partial charge in [-0.25, -0.2) is 8.78 Å². The molecule has 256 valence electrons. The van der Waals surface area contributed by atoms with Crippen LogP contribution in [0.25, 0.3) is 0 Å². The van der Waals surface area contributed by atoms with Crippen LogP contribution in [0.4, 0.5) is 22.0 Å². The Morgan fingerprint density at radius 1 is 0.822 bits per heavy atom. The summed E-state index contributed by atoms with van der Waals surface area (Å²) in [7, 11) is 4.42. The minimum absolute atomic E-state index is 0.0394. The monoisotopic (exact) mass is 657 g/mol. The van der Waals surface area contributed by atoms with E-state index in [1.165, 1.54) is 37.1 Å². The molecule has 12 nitrogen and oxygen atoms in total. The number of hydrogen-bond acceptors (Lipinski definition) is 9. The van der Waals surface area contributed by atoms with Gasteiger partial charge in [-0.1, -0.05) is 13.8 Å². The molecule has 0 aliphatic carbocycles. The highest BCUT2D eigenvalue weighted by Crippen LogP contribution is 2.34. The summed E-state index contributed by atoms with van der Waals surface area (Å²) in [4.78, 5) is 32.3. The topological polar surface area (TPSA) is 176 Å². The molecule has 3 rings (SSSR count). The molecule has 0 fully saturated rings. The second kappa shape index (κ2) is 20.7. The van der Waals surface area contributed by atoms with Gasteiger partial charge in [-0.15, -0.1) is 0 Å². The molecule has 17 heteroatoms. The van der Waals surface area contributed by atoms with Gasteiger partial charge in [0.15, 0.2) is 29.6 Å². The van der Waals surface area contributed by atoms with Gasteiger partial charge < -0.3 is 44.0 Å². The van der Waals surface area contributed by atoms with Crippen molar-refractivity contribution in [1.29, 1.82) is 0 Å². The molecule has 0 aromatic carbocycles. The molecule has 0 aliphatic rings. The second-order valence-corrected chi connectivity index (χ2v) is 8.56. The lowest BCUT2D eigenvalue weighted by atomic mass is 10.2. The smallest absolute Gasteiger partial charge is 0.420 e. The molecular weight excluding hydrogens is 617 g/mol. The molecule has 0 spiro atoms. The number of alkyl halides is 5. The molecule has 0 saturated carbocycles. The first-order valence-electron chi connectivity index (χ1n) is 13.2. The largest absolute Gasteiger partial charge is 0.503 e. The van der Waals surface area contributed by atoms with Crippen molar-refractivity contribution < 1.29 is 52.2 Å². The summed E-state index contributed by atoms with van der Waals surface area (Å²) in [5.74, 6) is -1.89. The van der Waals surface area contributed by atoms with E-state index in [9.17, 15) is 36.3 Å². The van der Waals surface area contributed by atoms with Gasteiger partial charge in [-0.05, 0) is 13.8 Å². The van der Waals surface area contributed by atoms with E-state index in [2.05, 4.69) is 4.74 Å². The normalized spacial score (nSPS) is 11.7. The predicted octanol–water partition coefficient (Wildman–Crippen LogP) is 3.06. The third kappa shape index (κ3) is 15.9. The Labute approximate surface area is 255 Å². The number of pyridine rings is 3. The molecule has 0 aliphatic heterocycles. The van der Waals surface area contributed by atoms with Crippen LogP contribution in [0.5, 0.6) is 17.2 Å². The van der Waals surface area contributed by atoms with Crippen LogP contribution in [0.2, 0.25) is 0 Å². The first kappa shape index (κ1) is 42.9. The summed E-state index contributed by atoms with van der Waals surface area (Å²) in [5, 5.41) is 44.3. The van der Waals surface area contributed by atoms with E-state index < -0.39 is 59.5 Å². The van der Waals surface area contributed by atoms with E-state index in [1.807, 2.05) is 20.8 Å². The molecule has 3 heterocycles. The number of rotatable bonds is 5.